The normalized spacial score (nSPS) is 14.1. The van der Waals surface area contributed by atoms with Crippen LogP contribution in [0.25, 0.3) is 0 Å². The zero-order valence-electron chi connectivity index (χ0n) is 7.83. The van der Waals surface area contributed by atoms with Crippen molar-refractivity contribution >= 4 is 6.21 Å². The molecular formula is C10H17N. The van der Waals surface area contributed by atoms with Crippen molar-refractivity contribution in [1.82, 2.24) is 0 Å². The molecule has 0 N–H and O–H groups in total. The van der Waals surface area contributed by atoms with Crippen molar-refractivity contribution < 1.29 is 0 Å². The zero-order valence-corrected chi connectivity index (χ0v) is 7.83. The lowest BCUT2D eigenvalue weighted by atomic mass is 10.0. The van der Waals surface area contributed by atoms with Gasteiger partial charge in [0, 0.05) is 13.3 Å². The Hall–Kier alpha value is -0.850. The van der Waals surface area contributed by atoms with E-state index in [1.807, 2.05) is 25.3 Å². The van der Waals surface area contributed by atoms with Crippen molar-refractivity contribution in [1.29, 1.82) is 0 Å². The SMILES string of the molecule is C/C=C\C=C(/C=NC)C(C)C. The predicted molar refractivity (Wildman–Crippen MR) is 52.2 cm³/mol. The van der Waals surface area contributed by atoms with Gasteiger partial charge in [-0.1, -0.05) is 32.1 Å². The second kappa shape index (κ2) is 5.90. The molecule has 0 aromatic heterocycles. The number of allylic oxidation sites excluding steroid dienone is 4. The van der Waals surface area contributed by atoms with E-state index in [1.165, 1.54) is 5.57 Å². The van der Waals surface area contributed by atoms with Gasteiger partial charge >= 0.3 is 0 Å². The summed E-state index contributed by atoms with van der Waals surface area (Å²) >= 11 is 0. The molecule has 0 radical (unpaired) electrons. The Morgan fingerprint density at radius 2 is 2.00 bits per heavy atom. The van der Waals surface area contributed by atoms with Crippen LogP contribution >= 0.6 is 0 Å². The second-order valence-electron chi connectivity index (χ2n) is 2.73. The first-order valence-corrected chi connectivity index (χ1v) is 3.97. The Morgan fingerprint density at radius 1 is 1.36 bits per heavy atom. The number of hydrogen-bond acceptors (Lipinski definition) is 1. The molecule has 0 amide bonds. The third kappa shape index (κ3) is 4.54. The molecule has 1 nitrogen and oxygen atoms in total. The van der Waals surface area contributed by atoms with Crippen molar-refractivity contribution in [3.8, 4) is 0 Å². The fourth-order valence-corrected chi connectivity index (χ4v) is 0.741. The monoisotopic (exact) mass is 151 g/mol. The molecule has 0 aromatic carbocycles. The highest BCUT2D eigenvalue weighted by Gasteiger charge is 1.96. The Balaban J connectivity index is 4.32. The Morgan fingerprint density at radius 3 is 2.36 bits per heavy atom. The zero-order chi connectivity index (χ0) is 8.69. The van der Waals surface area contributed by atoms with E-state index in [2.05, 4.69) is 24.9 Å². The average Bonchev–Trinajstić information content (AvgIpc) is 1.97. The topological polar surface area (TPSA) is 12.4 Å². The summed E-state index contributed by atoms with van der Waals surface area (Å²) in [6.45, 7) is 6.34. The van der Waals surface area contributed by atoms with Gasteiger partial charge in [-0.2, -0.15) is 0 Å². The molecule has 1 heteroatoms. The molecular weight excluding hydrogens is 134 g/mol. The van der Waals surface area contributed by atoms with Crippen LogP contribution in [0.15, 0.2) is 28.8 Å². The van der Waals surface area contributed by atoms with Gasteiger partial charge in [-0.25, -0.2) is 0 Å². The molecule has 0 bridgehead atoms. The highest BCUT2D eigenvalue weighted by Crippen LogP contribution is 2.06. The third-order valence-corrected chi connectivity index (χ3v) is 1.43. The summed E-state index contributed by atoms with van der Waals surface area (Å²) < 4.78 is 0. The number of nitrogens with zero attached hydrogens (tertiary/aromatic N) is 1. The van der Waals surface area contributed by atoms with E-state index >= 15 is 0 Å². The van der Waals surface area contributed by atoms with Crippen LogP contribution in [-0.4, -0.2) is 13.3 Å². The predicted octanol–water partition coefficient (Wildman–Crippen LogP) is 2.85. The van der Waals surface area contributed by atoms with Crippen molar-refractivity contribution in [2.45, 2.75) is 20.8 Å². The lowest BCUT2D eigenvalue weighted by Gasteiger charge is -2.02. The minimum absolute atomic E-state index is 0.551. The molecule has 0 rings (SSSR count). The summed E-state index contributed by atoms with van der Waals surface area (Å²) in [5.41, 5.74) is 1.27. The first-order valence-electron chi connectivity index (χ1n) is 3.97. The molecule has 0 fully saturated rings. The summed E-state index contributed by atoms with van der Waals surface area (Å²) in [5.74, 6) is 0.551. The quantitative estimate of drug-likeness (QED) is 0.434. The summed E-state index contributed by atoms with van der Waals surface area (Å²) in [6.07, 6.45) is 8.06. The highest BCUT2D eigenvalue weighted by atomic mass is 14.6. The van der Waals surface area contributed by atoms with Gasteiger partial charge in [0.2, 0.25) is 0 Å². The summed E-state index contributed by atoms with van der Waals surface area (Å²) in [5, 5.41) is 0. The van der Waals surface area contributed by atoms with Crippen molar-refractivity contribution in [3.63, 3.8) is 0 Å². The smallest absolute Gasteiger partial charge is 0.0277 e. The van der Waals surface area contributed by atoms with E-state index in [4.69, 9.17) is 0 Å². The first kappa shape index (κ1) is 10.2. The minimum atomic E-state index is 0.551. The molecule has 0 spiro atoms. The number of aliphatic imine (C=N–C) groups is 1. The molecule has 0 atom stereocenters. The molecule has 0 saturated carbocycles. The van der Waals surface area contributed by atoms with Crippen LogP contribution in [0.2, 0.25) is 0 Å². The van der Waals surface area contributed by atoms with Crippen molar-refractivity contribution in [3.05, 3.63) is 23.8 Å². The van der Waals surface area contributed by atoms with Gasteiger partial charge in [0.1, 0.15) is 0 Å². The molecule has 62 valence electrons. The van der Waals surface area contributed by atoms with Crippen molar-refractivity contribution in [2.24, 2.45) is 10.9 Å². The van der Waals surface area contributed by atoms with Gasteiger partial charge < -0.3 is 0 Å². The summed E-state index contributed by atoms with van der Waals surface area (Å²) in [6, 6.07) is 0. The molecule has 0 unspecified atom stereocenters. The highest BCUT2D eigenvalue weighted by molar-refractivity contribution is 5.79. The van der Waals surface area contributed by atoms with Crippen LogP contribution in [0.1, 0.15) is 20.8 Å². The van der Waals surface area contributed by atoms with E-state index in [0.717, 1.165) is 0 Å². The number of rotatable bonds is 3. The maximum Gasteiger partial charge on any atom is 0.0277 e. The summed E-state index contributed by atoms with van der Waals surface area (Å²) in [7, 11) is 1.80. The molecule has 0 aliphatic heterocycles. The molecule has 0 aliphatic carbocycles. The van der Waals surface area contributed by atoms with E-state index in [0.29, 0.717) is 5.92 Å². The Bertz CT molecular complexity index is 173. The lowest BCUT2D eigenvalue weighted by molar-refractivity contribution is 0.806. The van der Waals surface area contributed by atoms with E-state index in [1.54, 1.807) is 7.05 Å². The van der Waals surface area contributed by atoms with Gasteiger partial charge in [-0.15, -0.1) is 0 Å². The molecule has 0 heterocycles. The van der Waals surface area contributed by atoms with Crippen LogP contribution in [-0.2, 0) is 0 Å². The third-order valence-electron chi connectivity index (χ3n) is 1.43. The van der Waals surface area contributed by atoms with Gasteiger partial charge in [0.15, 0.2) is 0 Å². The summed E-state index contributed by atoms with van der Waals surface area (Å²) in [4.78, 5) is 3.98. The maximum absolute atomic E-state index is 3.98. The molecule has 11 heavy (non-hydrogen) atoms. The van der Waals surface area contributed by atoms with Crippen molar-refractivity contribution in [2.75, 3.05) is 7.05 Å². The van der Waals surface area contributed by atoms with Crippen LogP contribution in [0, 0.1) is 5.92 Å². The minimum Gasteiger partial charge on any atom is -0.296 e. The fraction of sp³-hybridized carbons (Fsp3) is 0.500. The molecule has 0 aliphatic rings. The maximum atomic E-state index is 3.98. The number of hydrogen-bond donors (Lipinski definition) is 0. The van der Waals surface area contributed by atoms with Gasteiger partial charge in [-0.3, -0.25) is 4.99 Å². The van der Waals surface area contributed by atoms with Gasteiger partial charge in [-0.05, 0) is 18.4 Å². The standard InChI is InChI=1S/C10H17N/c1-5-6-7-10(8-11-4)9(2)3/h5-9H,1-4H3/b6-5-,10-7+,11-8?. The van der Waals surface area contributed by atoms with Gasteiger partial charge in [0.25, 0.3) is 0 Å². The van der Waals surface area contributed by atoms with Crippen LogP contribution in [0.5, 0.6) is 0 Å². The van der Waals surface area contributed by atoms with Crippen LogP contribution in [0.3, 0.4) is 0 Å². The molecule has 0 saturated heterocycles. The van der Waals surface area contributed by atoms with E-state index in [-0.39, 0.29) is 0 Å². The largest absolute Gasteiger partial charge is 0.296 e. The van der Waals surface area contributed by atoms with Crippen LogP contribution < -0.4 is 0 Å². The molecule has 0 aromatic rings. The van der Waals surface area contributed by atoms with E-state index < -0.39 is 0 Å². The Labute approximate surface area is 69.5 Å². The van der Waals surface area contributed by atoms with Crippen LogP contribution in [0.4, 0.5) is 0 Å². The Kier molecular flexibility index (Phi) is 5.44. The lowest BCUT2D eigenvalue weighted by Crippen LogP contribution is -1.94. The average molecular weight is 151 g/mol. The first-order chi connectivity index (χ1) is 5.22. The second-order valence-corrected chi connectivity index (χ2v) is 2.73. The van der Waals surface area contributed by atoms with Gasteiger partial charge in [0.05, 0.1) is 0 Å². The van der Waals surface area contributed by atoms with E-state index in [9.17, 15) is 0 Å². The fourth-order valence-electron chi connectivity index (χ4n) is 0.741.